The molecule has 0 saturated heterocycles. The summed E-state index contributed by atoms with van der Waals surface area (Å²) in [5.74, 6) is 0.520. The molecule has 0 aromatic carbocycles. The summed E-state index contributed by atoms with van der Waals surface area (Å²) in [7, 11) is 0. The number of hydrogen-bond donors (Lipinski definition) is 1. The Balaban J connectivity index is 2.58. The average molecular weight is 279 g/mol. The zero-order valence-electron chi connectivity index (χ0n) is 13.9. The molecule has 0 radical (unpaired) electrons. The van der Waals surface area contributed by atoms with Crippen molar-refractivity contribution in [3.05, 3.63) is 0 Å². The molecule has 0 amide bonds. The van der Waals surface area contributed by atoms with Crippen molar-refractivity contribution >= 4 is 0 Å². The van der Waals surface area contributed by atoms with Gasteiger partial charge in [-0.1, -0.05) is 20.3 Å². The highest BCUT2D eigenvalue weighted by molar-refractivity contribution is 5.14. The van der Waals surface area contributed by atoms with E-state index in [1.165, 1.54) is 38.8 Å². The lowest BCUT2D eigenvalue weighted by atomic mass is 9.85. The normalized spacial score (nSPS) is 26.4. The molecule has 116 valence electrons. The molecule has 1 aliphatic carbocycles. The highest BCUT2D eigenvalue weighted by Gasteiger charge is 2.43. The van der Waals surface area contributed by atoms with E-state index in [1.807, 2.05) is 0 Å². The van der Waals surface area contributed by atoms with Crippen LogP contribution in [0.1, 0.15) is 66.2 Å². The molecule has 1 aliphatic rings. The predicted octanol–water partition coefficient (Wildman–Crippen LogP) is 3.56. The molecule has 3 heteroatoms. The summed E-state index contributed by atoms with van der Waals surface area (Å²) in [6.45, 7) is 12.3. The largest absolute Gasteiger partial charge is 0.303 e. The van der Waals surface area contributed by atoms with Crippen LogP contribution >= 0.6 is 0 Å². The van der Waals surface area contributed by atoms with Gasteiger partial charge in [-0.15, -0.1) is 0 Å². The van der Waals surface area contributed by atoms with Gasteiger partial charge in [0.1, 0.15) is 5.54 Å². The van der Waals surface area contributed by atoms with Crippen LogP contribution in [0.3, 0.4) is 0 Å². The van der Waals surface area contributed by atoms with Crippen LogP contribution in [-0.2, 0) is 0 Å². The first-order valence-corrected chi connectivity index (χ1v) is 8.49. The Morgan fingerprint density at radius 1 is 1.25 bits per heavy atom. The van der Waals surface area contributed by atoms with Crippen molar-refractivity contribution in [2.24, 2.45) is 5.92 Å². The molecule has 0 spiro atoms. The molecule has 1 fully saturated rings. The van der Waals surface area contributed by atoms with E-state index in [0.29, 0.717) is 12.0 Å². The molecule has 0 heterocycles. The first-order valence-electron chi connectivity index (χ1n) is 8.49. The van der Waals surface area contributed by atoms with Crippen LogP contribution in [0.15, 0.2) is 0 Å². The molecular formula is C17H33N3. The van der Waals surface area contributed by atoms with Gasteiger partial charge in [0.05, 0.1) is 6.07 Å². The van der Waals surface area contributed by atoms with Crippen molar-refractivity contribution in [1.82, 2.24) is 10.2 Å². The maximum atomic E-state index is 9.68. The van der Waals surface area contributed by atoms with Crippen LogP contribution in [-0.4, -0.2) is 36.1 Å². The van der Waals surface area contributed by atoms with E-state index in [2.05, 4.69) is 44.0 Å². The van der Waals surface area contributed by atoms with Gasteiger partial charge in [0.25, 0.3) is 0 Å². The minimum Gasteiger partial charge on any atom is -0.303 e. The Kier molecular flexibility index (Phi) is 7.55. The Morgan fingerprint density at radius 2 is 1.90 bits per heavy atom. The van der Waals surface area contributed by atoms with Crippen LogP contribution in [0.4, 0.5) is 0 Å². The molecule has 1 rings (SSSR count). The molecular weight excluding hydrogens is 246 g/mol. The Hall–Kier alpha value is -0.590. The standard InChI is InChI=1S/C17H33N3/c1-5-11-20(12-6-2)13-9-16-8-7-10-17(16,14-18)19-15(3)4/h15-16,19H,5-13H2,1-4H3. The molecule has 2 atom stereocenters. The van der Waals surface area contributed by atoms with Crippen LogP contribution in [0.2, 0.25) is 0 Å². The fraction of sp³-hybridized carbons (Fsp3) is 0.941. The predicted molar refractivity (Wildman–Crippen MR) is 85.6 cm³/mol. The number of rotatable bonds is 9. The van der Waals surface area contributed by atoms with Crippen LogP contribution in [0.25, 0.3) is 0 Å². The Labute approximate surface area is 125 Å². The minimum atomic E-state index is -0.266. The highest BCUT2D eigenvalue weighted by atomic mass is 15.1. The van der Waals surface area contributed by atoms with E-state index in [4.69, 9.17) is 0 Å². The van der Waals surface area contributed by atoms with Crippen LogP contribution in [0.5, 0.6) is 0 Å². The fourth-order valence-corrected chi connectivity index (χ4v) is 3.66. The molecule has 0 aromatic heterocycles. The van der Waals surface area contributed by atoms with Gasteiger partial charge >= 0.3 is 0 Å². The van der Waals surface area contributed by atoms with Crippen LogP contribution < -0.4 is 5.32 Å². The second kappa shape index (κ2) is 8.64. The van der Waals surface area contributed by atoms with Gasteiger partial charge in [-0.3, -0.25) is 5.32 Å². The Bertz CT molecular complexity index is 302. The van der Waals surface area contributed by atoms with Crippen molar-refractivity contribution in [2.75, 3.05) is 19.6 Å². The number of nitrogens with zero attached hydrogens (tertiary/aromatic N) is 2. The third kappa shape index (κ3) is 4.75. The number of nitriles is 1. The smallest absolute Gasteiger partial charge is 0.109 e. The molecule has 0 aliphatic heterocycles. The summed E-state index contributed by atoms with van der Waals surface area (Å²) in [4.78, 5) is 2.57. The zero-order valence-corrected chi connectivity index (χ0v) is 13.9. The van der Waals surface area contributed by atoms with E-state index in [9.17, 15) is 5.26 Å². The topological polar surface area (TPSA) is 39.1 Å². The third-order valence-corrected chi connectivity index (χ3v) is 4.44. The van der Waals surface area contributed by atoms with Crippen molar-refractivity contribution in [3.63, 3.8) is 0 Å². The number of nitrogens with one attached hydrogen (secondary N) is 1. The first kappa shape index (κ1) is 17.5. The molecule has 20 heavy (non-hydrogen) atoms. The molecule has 1 saturated carbocycles. The second-order valence-electron chi connectivity index (χ2n) is 6.60. The summed E-state index contributed by atoms with van der Waals surface area (Å²) in [6, 6.07) is 3.00. The van der Waals surface area contributed by atoms with E-state index < -0.39 is 0 Å². The summed E-state index contributed by atoms with van der Waals surface area (Å²) in [5.41, 5.74) is -0.266. The third-order valence-electron chi connectivity index (χ3n) is 4.44. The van der Waals surface area contributed by atoms with Crippen molar-refractivity contribution in [3.8, 4) is 6.07 Å². The lowest BCUT2D eigenvalue weighted by Crippen LogP contribution is -2.50. The van der Waals surface area contributed by atoms with Gasteiger partial charge < -0.3 is 4.90 Å². The summed E-state index contributed by atoms with van der Waals surface area (Å²) in [6.07, 6.45) is 7.02. The summed E-state index contributed by atoms with van der Waals surface area (Å²) in [5, 5.41) is 13.2. The monoisotopic (exact) mass is 279 g/mol. The highest BCUT2D eigenvalue weighted by Crippen LogP contribution is 2.38. The van der Waals surface area contributed by atoms with E-state index >= 15 is 0 Å². The average Bonchev–Trinajstić information content (AvgIpc) is 2.79. The quantitative estimate of drug-likeness (QED) is 0.701. The van der Waals surface area contributed by atoms with Gasteiger partial charge in [-0.05, 0) is 71.5 Å². The van der Waals surface area contributed by atoms with Crippen LogP contribution in [0, 0.1) is 17.2 Å². The van der Waals surface area contributed by atoms with Crippen molar-refractivity contribution < 1.29 is 0 Å². The number of hydrogen-bond acceptors (Lipinski definition) is 3. The Morgan fingerprint density at radius 3 is 2.40 bits per heavy atom. The lowest BCUT2D eigenvalue weighted by Gasteiger charge is -2.33. The SMILES string of the molecule is CCCN(CCC)CCC1CCCC1(C#N)NC(C)C. The molecule has 3 nitrogen and oxygen atoms in total. The molecule has 1 N–H and O–H groups in total. The molecule has 0 aromatic rings. The second-order valence-corrected chi connectivity index (χ2v) is 6.60. The maximum Gasteiger partial charge on any atom is 0.109 e. The zero-order chi connectivity index (χ0) is 15.0. The molecule has 0 bridgehead atoms. The van der Waals surface area contributed by atoms with Crippen molar-refractivity contribution in [2.45, 2.75) is 77.8 Å². The van der Waals surface area contributed by atoms with Gasteiger partial charge in [0, 0.05) is 6.04 Å². The van der Waals surface area contributed by atoms with E-state index in [1.54, 1.807) is 0 Å². The van der Waals surface area contributed by atoms with E-state index in [0.717, 1.165) is 19.4 Å². The fourth-order valence-electron chi connectivity index (χ4n) is 3.66. The maximum absolute atomic E-state index is 9.68. The van der Waals surface area contributed by atoms with E-state index in [-0.39, 0.29) is 5.54 Å². The lowest BCUT2D eigenvalue weighted by molar-refractivity contribution is 0.217. The summed E-state index contributed by atoms with van der Waals surface area (Å²) < 4.78 is 0. The first-order chi connectivity index (χ1) is 9.57. The summed E-state index contributed by atoms with van der Waals surface area (Å²) >= 11 is 0. The molecule has 2 unspecified atom stereocenters. The van der Waals surface area contributed by atoms with Gasteiger partial charge in [-0.25, -0.2) is 0 Å². The van der Waals surface area contributed by atoms with Gasteiger partial charge in [-0.2, -0.15) is 5.26 Å². The van der Waals surface area contributed by atoms with Gasteiger partial charge in [0.2, 0.25) is 0 Å². The van der Waals surface area contributed by atoms with Gasteiger partial charge in [0.15, 0.2) is 0 Å². The van der Waals surface area contributed by atoms with Crippen molar-refractivity contribution in [1.29, 1.82) is 5.26 Å². The minimum absolute atomic E-state index is 0.266.